The van der Waals surface area contributed by atoms with E-state index in [4.69, 9.17) is 14.0 Å². The Hall–Kier alpha value is -2.70. The molecule has 0 unspecified atom stereocenters. The van der Waals surface area contributed by atoms with Crippen molar-refractivity contribution in [2.75, 3.05) is 20.2 Å². The second-order valence-corrected chi connectivity index (χ2v) is 7.01. The minimum absolute atomic E-state index is 0.314. The quantitative estimate of drug-likeness (QED) is 0.620. The van der Waals surface area contributed by atoms with Gasteiger partial charge in [0.1, 0.15) is 5.75 Å². The molecule has 6 nitrogen and oxygen atoms in total. The number of ether oxygens (including phenoxy) is 2. The number of likely N-dealkylation sites (tertiary alicyclic amines) is 1. The topological polar surface area (TPSA) is 60.6 Å². The van der Waals surface area contributed by atoms with Gasteiger partial charge in [0.25, 0.3) is 0 Å². The maximum atomic E-state index is 6.06. The summed E-state index contributed by atoms with van der Waals surface area (Å²) in [7, 11) is 1.65. The molecule has 1 fully saturated rings. The van der Waals surface area contributed by atoms with Crippen molar-refractivity contribution >= 4 is 0 Å². The van der Waals surface area contributed by atoms with Crippen molar-refractivity contribution in [2.45, 2.75) is 32.1 Å². The predicted molar refractivity (Wildman–Crippen MR) is 106 cm³/mol. The van der Waals surface area contributed by atoms with Crippen LogP contribution in [0.15, 0.2) is 59.1 Å². The number of benzene rings is 2. The van der Waals surface area contributed by atoms with Gasteiger partial charge in [-0.15, -0.1) is 0 Å². The van der Waals surface area contributed by atoms with E-state index in [0.717, 1.165) is 37.2 Å². The van der Waals surface area contributed by atoms with Crippen LogP contribution < -0.4 is 4.74 Å². The fraction of sp³-hybridized carbons (Fsp3) is 0.364. The number of piperidine rings is 1. The van der Waals surface area contributed by atoms with Crippen LogP contribution in [0, 0.1) is 0 Å². The summed E-state index contributed by atoms with van der Waals surface area (Å²) >= 11 is 0. The third kappa shape index (κ3) is 4.77. The van der Waals surface area contributed by atoms with E-state index in [-0.39, 0.29) is 0 Å². The number of hydrogen-bond donors (Lipinski definition) is 0. The van der Waals surface area contributed by atoms with Crippen LogP contribution in [-0.2, 0) is 17.9 Å². The lowest BCUT2D eigenvalue weighted by atomic mass is 10.1. The largest absolute Gasteiger partial charge is 0.497 e. The number of hydrogen-bond acceptors (Lipinski definition) is 6. The molecule has 0 atom stereocenters. The maximum absolute atomic E-state index is 6.06. The molecule has 2 aromatic carbocycles. The highest BCUT2D eigenvalue weighted by atomic mass is 16.5. The summed E-state index contributed by atoms with van der Waals surface area (Å²) < 4.78 is 16.7. The van der Waals surface area contributed by atoms with E-state index in [9.17, 15) is 0 Å². The van der Waals surface area contributed by atoms with Crippen LogP contribution in [0.4, 0.5) is 0 Å². The molecule has 1 aromatic heterocycles. The molecule has 0 amide bonds. The molecule has 3 aromatic rings. The summed E-state index contributed by atoms with van der Waals surface area (Å²) in [6.45, 7) is 3.30. The molecule has 6 heteroatoms. The third-order valence-electron chi connectivity index (χ3n) is 5.04. The van der Waals surface area contributed by atoms with E-state index in [1.165, 1.54) is 5.56 Å². The first-order valence-corrected chi connectivity index (χ1v) is 9.65. The Balaban J connectivity index is 1.25. The van der Waals surface area contributed by atoms with Crippen molar-refractivity contribution < 1.29 is 14.0 Å². The van der Waals surface area contributed by atoms with E-state index < -0.39 is 0 Å². The molecule has 146 valence electrons. The lowest BCUT2D eigenvalue weighted by Gasteiger charge is -2.30. The highest BCUT2D eigenvalue weighted by Crippen LogP contribution is 2.21. The van der Waals surface area contributed by atoms with Crippen LogP contribution in [-0.4, -0.2) is 41.3 Å². The SMILES string of the molecule is COc1ccc(-c2noc(CN3CCC(OCc4ccccc4)CC3)n2)cc1. The summed E-state index contributed by atoms with van der Waals surface area (Å²) in [5.41, 5.74) is 2.14. The van der Waals surface area contributed by atoms with Gasteiger partial charge in [-0.05, 0) is 42.7 Å². The van der Waals surface area contributed by atoms with Gasteiger partial charge in [0.05, 0.1) is 26.4 Å². The van der Waals surface area contributed by atoms with Crippen LogP contribution >= 0.6 is 0 Å². The van der Waals surface area contributed by atoms with Crippen LogP contribution in [0.2, 0.25) is 0 Å². The molecule has 4 rings (SSSR count). The van der Waals surface area contributed by atoms with E-state index in [1.807, 2.05) is 42.5 Å². The van der Waals surface area contributed by atoms with Crippen molar-refractivity contribution in [3.63, 3.8) is 0 Å². The predicted octanol–water partition coefficient (Wildman–Crippen LogP) is 3.93. The Kier molecular flexibility index (Phi) is 5.99. The highest BCUT2D eigenvalue weighted by molar-refractivity contribution is 5.55. The van der Waals surface area contributed by atoms with Gasteiger partial charge in [0.2, 0.25) is 11.7 Å². The van der Waals surface area contributed by atoms with Gasteiger partial charge in [-0.2, -0.15) is 4.98 Å². The lowest BCUT2D eigenvalue weighted by molar-refractivity contribution is -0.00555. The average molecular weight is 379 g/mol. The van der Waals surface area contributed by atoms with E-state index in [1.54, 1.807) is 7.11 Å². The maximum Gasteiger partial charge on any atom is 0.241 e. The first-order valence-electron chi connectivity index (χ1n) is 9.65. The molecular weight excluding hydrogens is 354 g/mol. The molecule has 28 heavy (non-hydrogen) atoms. The summed E-state index contributed by atoms with van der Waals surface area (Å²) in [5.74, 6) is 2.07. The number of methoxy groups -OCH3 is 1. The van der Waals surface area contributed by atoms with E-state index in [0.29, 0.717) is 31.0 Å². The van der Waals surface area contributed by atoms with Gasteiger partial charge in [0.15, 0.2) is 0 Å². The monoisotopic (exact) mass is 379 g/mol. The normalized spacial score (nSPS) is 15.6. The molecule has 0 bridgehead atoms. The van der Waals surface area contributed by atoms with E-state index in [2.05, 4.69) is 27.2 Å². The van der Waals surface area contributed by atoms with Gasteiger partial charge in [-0.3, -0.25) is 4.90 Å². The second kappa shape index (κ2) is 8.99. The zero-order valence-corrected chi connectivity index (χ0v) is 16.1. The zero-order valence-electron chi connectivity index (χ0n) is 16.1. The molecule has 1 saturated heterocycles. The molecule has 0 saturated carbocycles. The highest BCUT2D eigenvalue weighted by Gasteiger charge is 2.21. The van der Waals surface area contributed by atoms with Gasteiger partial charge in [-0.1, -0.05) is 35.5 Å². The number of nitrogens with zero attached hydrogens (tertiary/aromatic N) is 3. The molecule has 0 aliphatic carbocycles. The lowest BCUT2D eigenvalue weighted by Crippen LogP contribution is -2.36. The van der Waals surface area contributed by atoms with Crippen LogP contribution in [0.1, 0.15) is 24.3 Å². The Bertz CT molecular complexity index is 856. The first-order chi connectivity index (χ1) is 13.8. The van der Waals surface area contributed by atoms with E-state index >= 15 is 0 Å². The van der Waals surface area contributed by atoms with Gasteiger partial charge < -0.3 is 14.0 Å². The Morgan fingerprint density at radius 3 is 2.50 bits per heavy atom. The third-order valence-corrected chi connectivity index (χ3v) is 5.04. The van der Waals surface area contributed by atoms with Crippen molar-refractivity contribution in [1.29, 1.82) is 0 Å². The van der Waals surface area contributed by atoms with Crippen molar-refractivity contribution in [3.05, 3.63) is 66.1 Å². The summed E-state index contributed by atoms with van der Waals surface area (Å²) in [5, 5.41) is 4.11. The Morgan fingerprint density at radius 2 is 1.79 bits per heavy atom. The van der Waals surface area contributed by atoms with Gasteiger partial charge in [-0.25, -0.2) is 0 Å². The summed E-state index contributed by atoms with van der Waals surface area (Å²) in [6, 6.07) is 18.0. The van der Waals surface area contributed by atoms with Gasteiger partial charge in [0, 0.05) is 18.7 Å². The van der Waals surface area contributed by atoms with Crippen molar-refractivity contribution in [3.8, 4) is 17.1 Å². The van der Waals surface area contributed by atoms with Gasteiger partial charge >= 0.3 is 0 Å². The number of rotatable bonds is 7. The van der Waals surface area contributed by atoms with Crippen LogP contribution in [0.3, 0.4) is 0 Å². The zero-order chi connectivity index (χ0) is 19.2. The fourth-order valence-corrected chi connectivity index (χ4v) is 3.39. The first kappa shape index (κ1) is 18.7. The van der Waals surface area contributed by atoms with Crippen LogP contribution in [0.25, 0.3) is 11.4 Å². The molecule has 1 aliphatic heterocycles. The standard InChI is InChI=1S/C22H25N3O3/c1-26-19-9-7-18(8-10-19)22-23-21(28-24-22)15-25-13-11-20(12-14-25)27-16-17-5-3-2-4-6-17/h2-10,20H,11-16H2,1H3. The van der Waals surface area contributed by atoms with Crippen LogP contribution in [0.5, 0.6) is 5.75 Å². The molecule has 2 heterocycles. The summed E-state index contributed by atoms with van der Waals surface area (Å²) in [4.78, 5) is 6.87. The van der Waals surface area contributed by atoms with Crippen molar-refractivity contribution in [2.24, 2.45) is 0 Å². The second-order valence-electron chi connectivity index (χ2n) is 7.01. The minimum Gasteiger partial charge on any atom is -0.497 e. The molecule has 0 N–H and O–H groups in total. The molecule has 1 aliphatic rings. The fourth-order valence-electron chi connectivity index (χ4n) is 3.39. The minimum atomic E-state index is 0.314. The molecular formula is C22H25N3O3. The van der Waals surface area contributed by atoms with Crippen molar-refractivity contribution in [1.82, 2.24) is 15.0 Å². The average Bonchev–Trinajstić information content (AvgIpc) is 3.22. The molecule has 0 spiro atoms. The Labute approximate surface area is 165 Å². The number of aromatic nitrogens is 2. The smallest absolute Gasteiger partial charge is 0.241 e. The Morgan fingerprint density at radius 1 is 1.04 bits per heavy atom. The molecule has 0 radical (unpaired) electrons. The summed E-state index contributed by atoms with van der Waals surface area (Å²) in [6.07, 6.45) is 2.35.